The Hall–Kier alpha value is -1.50. The summed E-state index contributed by atoms with van der Waals surface area (Å²) in [4.78, 5) is 50.2. The third-order valence-electron chi connectivity index (χ3n) is 5.57. The first-order valence-corrected chi connectivity index (χ1v) is 14.5. The van der Waals surface area contributed by atoms with Crippen molar-refractivity contribution in [3.8, 4) is 0 Å². The van der Waals surface area contributed by atoms with Crippen LogP contribution in [-0.4, -0.2) is 83.5 Å². The van der Waals surface area contributed by atoms with E-state index in [1.54, 1.807) is 18.7 Å². The second kappa shape index (κ2) is 18.8. The maximum atomic E-state index is 13.1. The maximum absolute atomic E-state index is 13.1. The predicted molar refractivity (Wildman–Crippen MR) is 140 cm³/mol. The van der Waals surface area contributed by atoms with Gasteiger partial charge in [0.25, 0.3) is 0 Å². The number of carboxylic acid groups (broad SMARTS) is 1. The number of thioether (sulfide) groups is 2. The third kappa shape index (κ3) is 12.8. The van der Waals surface area contributed by atoms with Gasteiger partial charge in [-0.05, 0) is 68.6 Å². The lowest BCUT2D eigenvalue weighted by atomic mass is 9.98. The topological polar surface area (TPSA) is 177 Å². The molecule has 0 rings (SSSR count). The summed E-state index contributed by atoms with van der Waals surface area (Å²) in [5, 5.41) is 17.5. The van der Waals surface area contributed by atoms with E-state index in [0.717, 1.165) is 5.75 Å². The second-order valence-corrected chi connectivity index (χ2v) is 10.3. The minimum absolute atomic E-state index is 0.279. The van der Waals surface area contributed by atoms with Crippen molar-refractivity contribution in [3.63, 3.8) is 0 Å². The molecule has 0 radical (unpaired) electrons. The lowest BCUT2D eigenvalue weighted by molar-refractivity contribution is -0.144. The van der Waals surface area contributed by atoms with E-state index in [9.17, 15) is 24.3 Å². The Morgan fingerprint density at radius 1 is 0.853 bits per heavy atom. The molecule has 10 nitrogen and oxygen atoms in total. The lowest BCUT2D eigenvalue weighted by Crippen LogP contribution is -2.57. The van der Waals surface area contributed by atoms with Gasteiger partial charge in [-0.1, -0.05) is 20.3 Å². The van der Waals surface area contributed by atoms with Gasteiger partial charge in [0.05, 0.1) is 6.04 Å². The summed E-state index contributed by atoms with van der Waals surface area (Å²) in [6.45, 7) is 4.03. The van der Waals surface area contributed by atoms with Crippen LogP contribution in [0.25, 0.3) is 0 Å². The van der Waals surface area contributed by atoms with Crippen molar-refractivity contribution in [1.29, 1.82) is 0 Å². The molecular weight excluding hydrogens is 478 g/mol. The number of hydrogen-bond donors (Lipinski definition) is 6. The molecule has 0 aromatic heterocycles. The van der Waals surface area contributed by atoms with Gasteiger partial charge in [-0.25, -0.2) is 4.79 Å². The van der Waals surface area contributed by atoms with Crippen molar-refractivity contribution in [3.05, 3.63) is 0 Å². The Bertz CT molecular complexity index is 641. The first-order chi connectivity index (χ1) is 16.1. The Morgan fingerprint density at radius 2 is 1.38 bits per heavy atom. The van der Waals surface area contributed by atoms with E-state index >= 15 is 0 Å². The van der Waals surface area contributed by atoms with Crippen LogP contribution in [0.3, 0.4) is 0 Å². The van der Waals surface area contributed by atoms with E-state index in [2.05, 4.69) is 16.0 Å². The number of aliphatic carboxylic acids is 1. The highest BCUT2D eigenvalue weighted by molar-refractivity contribution is 7.98. The van der Waals surface area contributed by atoms with Crippen molar-refractivity contribution >= 4 is 47.2 Å². The second-order valence-electron chi connectivity index (χ2n) is 8.29. The highest BCUT2D eigenvalue weighted by atomic mass is 32.2. The molecule has 8 N–H and O–H groups in total. The number of hydrogen-bond acceptors (Lipinski definition) is 8. The van der Waals surface area contributed by atoms with E-state index in [0.29, 0.717) is 50.8 Å². The van der Waals surface area contributed by atoms with Gasteiger partial charge >= 0.3 is 5.97 Å². The summed E-state index contributed by atoms with van der Waals surface area (Å²) in [5.74, 6) is -1.54. The molecule has 0 aliphatic heterocycles. The SMILES string of the molecule is CCC(C)C(NC(=O)C(CCCCN)NC(=O)C(CCSC)NC(=O)C(N)CCSC)C(=O)O. The van der Waals surface area contributed by atoms with Crippen LogP contribution >= 0.6 is 23.5 Å². The van der Waals surface area contributed by atoms with Crippen LogP contribution in [0, 0.1) is 5.92 Å². The predicted octanol–water partition coefficient (Wildman–Crippen LogP) is 0.534. The molecule has 34 heavy (non-hydrogen) atoms. The van der Waals surface area contributed by atoms with Crippen molar-refractivity contribution < 1.29 is 24.3 Å². The van der Waals surface area contributed by atoms with Crippen molar-refractivity contribution in [2.24, 2.45) is 17.4 Å². The van der Waals surface area contributed by atoms with Crippen molar-refractivity contribution in [1.82, 2.24) is 16.0 Å². The minimum Gasteiger partial charge on any atom is -0.480 e. The standard InChI is InChI=1S/C22H43N5O5S2/c1-5-14(2)18(22(31)32)27-21(30)16(8-6-7-11-23)26-20(29)17(10-13-34-4)25-19(28)15(24)9-12-33-3/h14-18H,5-13,23-24H2,1-4H3,(H,25,28)(H,26,29)(H,27,30)(H,31,32). The summed E-state index contributed by atoms with van der Waals surface area (Å²) >= 11 is 3.11. The molecule has 12 heteroatoms. The monoisotopic (exact) mass is 521 g/mol. The zero-order valence-electron chi connectivity index (χ0n) is 20.8. The molecule has 5 atom stereocenters. The molecule has 0 aliphatic rings. The summed E-state index contributed by atoms with van der Waals surface area (Å²) in [6, 6.07) is -3.58. The van der Waals surface area contributed by atoms with E-state index in [1.165, 1.54) is 11.8 Å². The smallest absolute Gasteiger partial charge is 0.326 e. The number of amides is 3. The van der Waals surface area contributed by atoms with Crippen molar-refractivity contribution in [2.45, 2.75) is 76.5 Å². The van der Waals surface area contributed by atoms with Gasteiger partial charge < -0.3 is 32.5 Å². The number of nitrogens with two attached hydrogens (primary N) is 2. The van der Waals surface area contributed by atoms with Gasteiger partial charge in [0.15, 0.2) is 0 Å². The number of carbonyl (C=O) groups is 4. The van der Waals surface area contributed by atoms with Gasteiger partial charge in [-0.3, -0.25) is 14.4 Å². The highest BCUT2D eigenvalue weighted by Crippen LogP contribution is 2.10. The molecule has 0 saturated carbocycles. The number of carbonyl (C=O) groups excluding carboxylic acids is 3. The molecular formula is C22H43N5O5S2. The molecule has 0 heterocycles. The summed E-state index contributed by atoms with van der Waals surface area (Å²) in [7, 11) is 0. The summed E-state index contributed by atoms with van der Waals surface area (Å²) in [6.07, 6.45) is 6.78. The minimum atomic E-state index is -1.13. The quantitative estimate of drug-likeness (QED) is 0.132. The highest BCUT2D eigenvalue weighted by Gasteiger charge is 2.31. The zero-order valence-corrected chi connectivity index (χ0v) is 22.4. The van der Waals surface area contributed by atoms with E-state index in [-0.39, 0.29) is 5.92 Å². The molecule has 0 aromatic rings. The first-order valence-electron chi connectivity index (χ1n) is 11.7. The fourth-order valence-electron chi connectivity index (χ4n) is 3.13. The van der Waals surface area contributed by atoms with E-state index in [1.807, 2.05) is 19.4 Å². The van der Waals surface area contributed by atoms with Crippen molar-refractivity contribution in [2.75, 3.05) is 30.6 Å². The Labute approximate surface area is 211 Å². The molecule has 0 spiro atoms. The molecule has 0 aromatic carbocycles. The van der Waals surface area contributed by atoms with Gasteiger partial charge in [0.1, 0.15) is 18.1 Å². The third-order valence-corrected chi connectivity index (χ3v) is 6.86. The van der Waals surface area contributed by atoms with Gasteiger partial charge in [0, 0.05) is 0 Å². The molecule has 0 fully saturated rings. The number of carboxylic acids is 1. The number of nitrogens with one attached hydrogen (secondary N) is 3. The van der Waals surface area contributed by atoms with E-state index < -0.39 is 47.9 Å². The van der Waals surface area contributed by atoms with Crippen LogP contribution in [0.1, 0.15) is 52.4 Å². The van der Waals surface area contributed by atoms with Crippen LogP contribution in [0.4, 0.5) is 0 Å². The molecule has 0 aliphatic carbocycles. The van der Waals surface area contributed by atoms with Crippen LogP contribution < -0.4 is 27.4 Å². The molecule has 3 amide bonds. The van der Waals surface area contributed by atoms with Gasteiger partial charge in [0.2, 0.25) is 17.7 Å². The molecule has 0 saturated heterocycles. The Morgan fingerprint density at radius 3 is 1.91 bits per heavy atom. The first kappa shape index (κ1) is 32.5. The zero-order chi connectivity index (χ0) is 26.1. The van der Waals surface area contributed by atoms with Crippen LogP contribution in [0.5, 0.6) is 0 Å². The van der Waals surface area contributed by atoms with Gasteiger partial charge in [-0.15, -0.1) is 0 Å². The average molecular weight is 522 g/mol. The average Bonchev–Trinajstić information content (AvgIpc) is 2.81. The Balaban J connectivity index is 5.47. The van der Waals surface area contributed by atoms with E-state index in [4.69, 9.17) is 11.5 Å². The summed E-state index contributed by atoms with van der Waals surface area (Å²) < 4.78 is 0. The fourth-order valence-corrected chi connectivity index (χ4v) is 4.09. The van der Waals surface area contributed by atoms with Crippen LogP contribution in [0.15, 0.2) is 0 Å². The largest absolute Gasteiger partial charge is 0.480 e. The Kier molecular flexibility index (Phi) is 18.0. The number of unbranched alkanes of at least 4 members (excludes halogenated alkanes) is 1. The van der Waals surface area contributed by atoms with Crippen LogP contribution in [0.2, 0.25) is 0 Å². The maximum Gasteiger partial charge on any atom is 0.326 e. The van der Waals surface area contributed by atoms with Crippen LogP contribution in [-0.2, 0) is 19.2 Å². The molecule has 5 unspecified atom stereocenters. The number of rotatable bonds is 19. The lowest BCUT2D eigenvalue weighted by Gasteiger charge is -2.26. The molecule has 0 bridgehead atoms. The normalized spacial score (nSPS) is 15.5. The van der Waals surface area contributed by atoms with Gasteiger partial charge in [-0.2, -0.15) is 23.5 Å². The summed E-state index contributed by atoms with van der Waals surface area (Å²) in [5.41, 5.74) is 11.5. The molecule has 198 valence electrons. The fraction of sp³-hybridized carbons (Fsp3) is 0.818.